The molecule has 1 heterocycles. The highest BCUT2D eigenvalue weighted by Crippen LogP contribution is 2.21. The van der Waals surface area contributed by atoms with E-state index >= 15 is 0 Å². The molecule has 110 valence electrons. The van der Waals surface area contributed by atoms with Gasteiger partial charge in [0.25, 0.3) is 0 Å². The lowest BCUT2D eigenvalue weighted by Crippen LogP contribution is -2.25. The monoisotopic (exact) mass is 310 g/mol. The zero-order chi connectivity index (χ0) is 15.7. The molecular formula is C14H12ClFN2O3. The van der Waals surface area contributed by atoms with Crippen LogP contribution in [0.5, 0.6) is 0 Å². The minimum Gasteiger partial charge on any atom is -0.476 e. The molecule has 1 N–H and O–H groups in total. The molecule has 0 spiro atoms. The molecule has 0 saturated carbocycles. The quantitative estimate of drug-likeness (QED) is 0.946. The van der Waals surface area contributed by atoms with Crippen LogP contribution in [0.4, 0.5) is 4.39 Å². The maximum atomic E-state index is 14.0. The Hall–Kier alpha value is -2.21. The van der Waals surface area contributed by atoms with Crippen LogP contribution in [0.3, 0.4) is 0 Å². The molecule has 21 heavy (non-hydrogen) atoms. The van der Waals surface area contributed by atoms with Gasteiger partial charge < -0.3 is 5.11 Å². The summed E-state index contributed by atoms with van der Waals surface area (Å²) in [6, 6.07) is 4.27. The van der Waals surface area contributed by atoms with E-state index < -0.39 is 22.9 Å². The molecule has 0 saturated heterocycles. The van der Waals surface area contributed by atoms with Gasteiger partial charge in [0, 0.05) is 11.8 Å². The van der Waals surface area contributed by atoms with Gasteiger partial charge in [-0.1, -0.05) is 31.5 Å². The topological polar surface area (TPSA) is 72.2 Å². The standard InChI is InChI=1S/C14H12ClFN2O3/c1-7(2)8-6-18(17-12(13(8)19)14(20)21)10-5-3-4-9(15)11(10)16/h3-7H,1-2H3,(H,20,21). The van der Waals surface area contributed by atoms with Crippen LogP contribution in [0, 0.1) is 5.82 Å². The molecule has 0 atom stereocenters. The van der Waals surface area contributed by atoms with E-state index in [-0.39, 0.29) is 22.2 Å². The lowest BCUT2D eigenvalue weighted by Gasteiger charge is -2.12. The largest absolute Gasteiger partial charge is 0.476 e. The van der Waals surface area contributed by atoms with E-state index in [9.17, 15) is 14.0 Å². The van der Waals surface area contributed by atoms with Crippen molar-refractivity contribution in [2.45, 2.75) is 19.8 Å². The predicted molar refractivity (Wildman–Crippen MR) is 75.9 cm³/mol. The van der Waals surface area contributed by atoms with E-state index in [1.54, 1.807) is 13.8 Å². The Morgan fingerprint density at radius 2 is 2.10 bits per heavy atom. The van der Waals surface area contributed by atoms with Crippen molar-refractivity contribution >= 4 is 17.6 Å². The van der Waals surface area contributed by atoms with Crippen molar-refractivity contribution in [2.24, 2.45) is 0 Å². The summed E-state index contributed by atoms with van der Waals surface area (Å²) in [5.74, 6) is -2.42. The summed E-state index contributed by atoms with van der Waals surface area (Å²) in [6.07, 6.45) is 1.33. The third kappa shape index (κ3) is 2.80. The summed E-state index contributed by atoms with van der Waals surface area (Å²) < 4.78 is 15.1. The number of hydrogen-bond acceptors (Lipinski definition) is 3. The lowest BCUT2D eigenvalue weighted by molar-refractivity contribution is 0.0686. The number of aromatic carboxylic acids is 1. The van der Waals surface area contributed by atoms with Gasteiger partial charge in [-0.25, -0.2) is 13.9 Å². The van der Waals surface area contributed by atoms with Crippen molar-refractivity contribution in [3.63, 3.8) is 0 Å². The molecule has 2 rings (SSSR count). The van der Waals surface area contributed by atoms with Crippen LogP contribution < -0.4 is 5.43 Å². The van der Waals surface area contributed by atoms with Crippen molar-refractivity contribution in [1.29, 1.82) is 0 Å². The number of benzene rings is 1. The summed E-state index contributed by atoms with van der Waals surface area (Å²) in [6.45, 7) is 3.47. The van der Waals surface area contributed by atoms with Crippen molar-refractivity contribution < 1.29 is 14.3 Å². The van der Waals surface area contributed by atoms with Gasteiger partial charge in [0.1, 0.15) is 5.69 Å². The highest BCUT2D eigenvalue weighted by Gasteiger charge is 2.19. The van der Waals surface area contributed by atoms with Gasteiger partial charge in [0.2, 0.25) is 11.1 Å². The minimum absolute atomic E-state index is 0.0214. The van der Waals surface area contributed by atoms with Crippen LogP contribution in [0.1, 0.15) is 35.8 Å². The van der Waals surface area contributed by atoms with E-state index in [1.165, 1.54) is 24.4 Å². The summed E-state index contributed by atoms with van der Waals surface area (Å²) in [4.78, 5) is 23.1. The number of halogens is 2. The second-order valence-electron chi connectivity index (χ2n) is 4.74. The highest BCUT2D eigenvalue weighted by atomic mass is 35.5. The summed E-state index contributed by atoms with van der Waals surface area (Å²) in [5.41, 5.74) is -1.11. The van der Waals surface area contributed by atoms with Crippen LogP contribution in [0.15, 0.2) is 29.2 Å². The Labute approximate surface area is 124 Å². The first-order valence-electron chi connectivity index (χ1n) is 6.14. The number of carbonyl (C=O) groups is 1. The first kappa shape index (κ1) is 15.2. The second-order valence-corrected chi connectivity index (χ2v) is 5.15. The van der Waals surface area contributed by atoms with Crippen LogP contribution in [-0.2, 0) is 0 Å². The summed E-state index contributed by atoms with van der Waals surface area (Å²) in [5, 5.41) is 12.6. The first-order valence-corrected chi connectivity index (χ1v) is 6.52. The van der Waals surface area contributed by atoms with E-state index in [1.807, 2.05) is 0 Å². The van der Waals surface area contributed by atoms with Crippen molar-refractivity contribution in [1.82, 2.24) is 9.78 Å². The molecule has 0 aliphatic heterocycles. The third-order valence-corrected chi connectivity index (χ3v) is 3.24. The van der Waals surface area contributed by atoms with Gasteiger partial charge in [0.15, 0.2) is 5.82 Å². The predicted octanol–water partition coefficient (Wildman–Crippen LogP) is 2.85. The Morgan fingerprint density at radius 1 is 1.43 bits per heavy atom. The number of aromatic nitrogens is 2. The average Bonchev–Trinajstić information content (AvgIpc) is 2.41. The van der Waals surface area contributed by atoms with Crippen molar-refractivity contribution in [3.05, 3.63) is 56.7 Å². The fourth-order valence-electron chi connectivity index (χ4n) is 1.85. The number of hydrogen-bond donors (Lipinski definition) is 1. The Bertz CT molecular complexity index is 771. The molecule has 0 bridgehead atoms. The Kier molecular flexibility index (Phi) is 4.09. The normalized spacial score (nSPS) is 10.9. The number of carboxylic acids is 1. The van der Waals surface area contributed by atoms with Crippen LogP contribution in [-0.4, -0.2) is 20.9 Å². The first-order chi connectivity index (χ1) is 9.82. The SMILES string of the molecule is CC(C)c1cn(-c2cccc(Cl)c2F)nc(C(=O)O)c1=O. The Morgan fingerprint density at radius 3 is 2.67 bits per heavy atom. The summed E-state index contributed by atoms with van der Waals surface area (Å²) in [7, 11) is 0. The van der Waals surface area contributed by atoms with Gasteiger partial charge in [-0.2, -0.15) is 5.10 Å². The van der Waals surface area contributed by atoms with E-state index in [0.29, 0.717) is 0 Å². The number of rotatable bonds is 3. The van der Waals surface area contributed by atoms with Crippen LogP contribution in [0.2, 0.25) is 5.02 Å². The van der Waals surface area contributed by atoms with Gasteiger partial charge in [-0.05, 0) is 18.1 Å². The number of carboxylic acid groups (broad SMARTS) is 1. The molecule has 0 aliphatic rings. The minimum atomic E-state index is -1.46. The second kappa shape index (κ2) is 5.65. The maximum absolute atomic E-state index is 14.0. The van der Waals surface area contributed by atoms with Gasteiger partial charge in [0.05, 0.1) is 5.02 Å². The molecule has 1 aromatic heterocycles. The molecule has 0 radical (unpaired) electrons. The molecule has 0 fully saturated rings. The molecule has 0 amide bonds. The van der Waals surface area contributed by atoms with Crippen molar-refractivity contribution in [3.8, 4) is 5.69 Å². The summed E-state index contributed by atoms with van der Waals surface area (Å²) >= 11 is 5.71. The molecule has 7 heteroatoms. The van der Waals surface area contributed by atoms with Crippen molar-refractivity contribution in [2.75, 3.05) is 0 Å². The molecule has 0 aliphatic carbocycles. The molecule has 2 aromatic rings. The molecule has 0 unspecified atom stereocenters. The van der Waals surface area contributed by atoms with Crippen LogP contribution in [0.25, 0.3) is 5.69 Å². The third-order valence-electron chi connectivity index (χ3n) is 2.95. The average molecular weight is 311 g/mol. The Balaban J connectivity index is 2.78. The van der Waals surface area contributed by atoms with E-state index in [0.717, 1.165) is 4.68 Å². The van der Waals surface area contributed by atoms with Crippen LogP contribution >= 0.6 is 11.6 Å². The zero-order valence-corrected chi connectivity index (χ0v) is 12.1. The van der Waals surface area contributed by atoms with E-state index in [2.05, 4.69) is 5.10 Å². The molecule has 1 aromatic carbocycles. The molecule has 5 nitrogen and oxygen atoms in total. The maximum Gasteiger partial charge on any atom is 0.360 e. The van der Waals surface area contributed by atoms with Gasteiger partial charge >= 0.3 is 5.97 Å². The fourth-order valence-corrected chi connectivity index (χ4v) is 2.02. The highest BCUT2D eigenvalue weighted by molar-refractivity contribution is 6.30. The zero-order valence-electron chi connectivity index (χ0n) is 11.3. The fraction of sp³-hybridized carbons (Fsp3) is 0.214. The smallest absolute Gasteiger partial charge is 0.360 e. The lowest BCUT2D eigenvalue weighted by atomic mass is 10.0. The van der Waals surface area contributed by atoms with Gasteiger partial charge in [-0.3, -0.25) is 4.79 Å². The molecular weight excluding hydrogens is 299 g/mol. The van der Waals surface area contributed by atoms with Gasteiger partial charge in [-0.15, -0.1) is 0 Å². The number of nitrogens with zero attached hydrogens (tertiary/aromatic N) is 2. The van der Waals surface area contributed by atoms with E-state index in [4.69, 9.17) is 16.7 Å².